The number of aromatic nitrogens is 1. The first-order valence-corrected chi connectivity index (χ1v) is 11.3. The molecule has 0 bridgehead atoms. The van der Waals surface area contributed by atoms with E-state index in [-0.39, 0.29) is 11.8 Å². The van der Waals surface area contributed by atoms with Crippen molar-refractivity contribution in [2.45, 2.75) is 19.8 Å². The number of likely N-dealkylation sites (tertiary alicyclic amines) is 1. The van der Waals surface area contributed by atoms with Crippen molar-refractivity contribution in [3.05, 3.63) is 47.7 Å². The van der Waals surface area contributed by atoms with E-state index in [0.29, 0.717) is 34.3 Å². The zero-order chi connectivity index (χ0) is 22.5. The zero-order valence-corrected chi connectivity index (χ0v) is 18.8. The lowest BCUT2D eigenvalue weighted by Gasteiger charge is -2.33. The number of nitrogens with zero attached hydrogens (tertiary/aromatic N) is 3. The highest BCUT2D eigenvalue weighted by Gasteiger charge is 2.27. The smallest absolute Gasteiger partial charge is 0.257 e. The fraction of sp³-hybridized carbons (Fsp3) is 0.458. The highest BCUT2D eigenvalue weighted by Crippen LogP contribution is 2.26. The molecule has 0 unspecified atom stereocenters. The van der Waals surface area contributed by atoms with E-state index < -0.39 is 0 Å². The van der Waals surface area contributed by atoms with E-state index in [9.17, 15) is 9.59 Å². The number of piperazine rings is 1. The summed E-state index contributed by atoms with van der Waals surface area (Å²) in [4.78, 5) is 34.9. The SMILES string of the molecule is COc1ccc(C(=O)Nc2cnc(N3CCNCC3)c(C(=O)N3CCC(C)CC3)c2)cc1. The molecular weight excluding hydrogens is 406 g/mol. The summed E-state index contributed by atoms with van der Waals surface area (Å²) in [5.74, 6) is 1.75. The highest BCUT2D eigenvalue weighted by molar-refractivity contribution is 6.06. The summed E-state index contributed by atoms with van der Waals surface area (Å²) in [5.41, 5.74) is 1.57. The van der Waals surface area contributed by atoms with E-state index in [2.05, 4.69) is 27.4 Å². The van der Waals surface area contributed by atoms with Gasteiger partial charge in [0, 0.05) is 44.8 Å². The van der Waals surface area contributed by atoms with Gasteiger partial charge in [0.15, 0.2) is 0 Å². The maximum absolute atomic E-state index is 13.5. The summed E-state index contributed by atoms with van der Waals surface area (Å²) < 4.78 is 5.15. The Morgan fingerprint density at radius 1 is 1.09 bits per heavy atom. The van der Waals surface area contributed by atoms with E-state index in [4.69, 9.17) is 4.74 Å². The van der Waals surface area contributed by atoms with Gasteiger partial charge in [-0.2, -0.15) is 0 Å². The van der Waals surface area contributed by atoms with Gasteiger partial charge in [-0.3, -0.25) is 9.59 Å². The number of piperidine rings is 1. The number of amides is 2. The predicted molar refractivity (Wildman–Crippen MR) is 125 cm³/mol. The molecule has 2 aliphatic rings. The predicted octanol–water partition coefficient (Wildman–Crippen LogP) is 2.62. The molecule has 170 valence electrons. The molecular formula is C24H31N5O3. The van der Waals surface area contributed by atoms with Crippen molar-refractivity contribution >= 4 is 23.3 Å². The van der Waals surface area contributed by atoms with Crippen LogP contribution in [0.5, 0.6) is 5.75 Å². The Bertz CT molecular complexity index is 949. The molecule has 0 aliphatic carbocycles. The first kappa shape index (κ1) is 22.1. The summed E-state index contributed by atoms with van der Waals surface area (Å²) in [7, 11) is 1.59. The lowest BCUT2D eigenvalue weighted by atomic mass is 9.98. The second-order valence-electron chi connectivity index (χ2n) is 8.49. The number of methoxy groups -OCH3 is 1. The largest absolute Gasteiger partial charge is 0.497 e. The number of pyridine rings is 1. The molecule has 2 saturated heterocycles. The second kappa shape index (κ2) is 9.99. The number of carbonyl (C=O) groups is 2. The fourth-order valence-electron chi connectivity index (χ4n) is 4.14. The van der Waals surface area contributed by atoms with Gasteiger partial charge in [0.2, 0.25) is 0 Å². The number of anilines is 2. The standard InChI is InChI=1S/C24H31N5O3/c1-17-7-11-29(12-8-17)24(31)21-15-19(16-26-22(21)28-13-9-25-10-14-28)27-23(30)18-3-5-20(32-2)6-4-18/h3-6,15-17,25H,7-14H2,1-2H3,(H,27,30). The third-order valence-electron chi connectivity index (χ3n) is 6.19. The van der Waals surface area contributed by atoms with Crippen LogP contribution in [0.2, 0.25) is 0 Å². The van der Waals surface area contributed by atoms with Crippen LogP contribution in [0, 0.1) is 5.92 Å². The molecule has 4 rings (SSSR count). The molecule has 2 aromatic rings. The third-order valence-corrected chi connectivity index (χ3v) is 6.19. The number of nitrogens with one attached hydrogen (secondary N) is 2. The molecule has 2 amide bonds. The van der Waals surface area contributed by atoms with Crippen LogP contribution in [0.3, 0.4) is 0 Å². The Hall–Kier alpha value is -3.13. The van der Waals surface area contributed by atoms with Crippen LogP contribution in [0.1, 0.15) is 40.5 Å². The Morgan fingerprint density at radius 2 is 1.78 bits per heavy atom. The molecule has 2 aliphatic heterocycles. The monoisotopic (exact) mass is 437 g/mol. The molecule has 2 N–H and O–H groups in total. The maximum atomic E-state index is 13.5. The van der Waals surface area contributed by atoms with Crippen LogP contribution < -0.4 is 20.3 Å². The molecule has 1 aromatic carbocycles. The molecule has 8 heteroatoms. The van der Waals surface area contributed by atoms with E-state index >= 15 is 0 Å². The van der Waals surface area contributed by atoms with Crippen molar-refractivity contribution in [1.82, 2.24) is 15.2 Å². The number of hydrogen-bond donors (Lipinski definition) is 2. The summed E-state index contributed by atoms with van der Waals surface area (Å²) in [5, 5.41) is 6.22. The quantitative estimate of drug-likeness (QED) is 0.748. The van der Waals surface area contributed by atoms with Crippen LogP contribution in [0.25, 0.3) is 0 Å². The van der Waals surface area contributed by atoms with Crippen molar-refractivity contribution in [3.8, 4) is 5.75 Å². The summed E-state index contributed by atoms with van der Waals surface area (Å²) in [6.45, 7) is 7.03. The molecule has 8 nitrogen and oxygen atoms in total. The maximum Gasteiger partial charge on any atom is 0.257 e. The average Bonchev–Trinajstić information content (AvgIpc) is 2.84. The minimum atomic E-state index is -0.255. The van der Waals surface area contributed by atoms with Crippen LogP contribution in [-0.4, -0.2) is 68.1 Å². The van der Waals surface area contributed by atoms with E-state index in [1.165, 1.54) is 0 Å². The van der Waals surface area contributed by atoms with Crippen LogP contribution >= 0.6 is 0 Å². The Morgan fingerprint density at radius 3 is 2.44 bits per heavy atom. The van der Waals surface area contributed by atoms with Gasteiger partial charge in [-0.05, 0) is 49.1 Å². The van der Waals surface area contributed by atoms with Crippen molar-refractivity contribution < 1.29 is 14.3 Å². The van der Waals surface area contributed by atoms with Gasteiger partial charge in [-0.1, -0.05) is 6.92 Å². The van der Waals surface area contributed by atoms with Crippen molar-refractivity contribution in [3.63, 3.8) is 0 Å². The second-order valence-corrected chi connectivity index (χ2v) is 8.49. The number of rotatable bonds is 5. The van der Waals surface area contributed by atoms with Crippen LogP contribution in [-0.2, 0) is 0 Å². The van der Waals surface area contributed by atoms with Crippen molar-refractivity contribution in [2.75, 3.05) is 56.6 Å². The Kier molecular flexibility index (Phi) is 6.90. The first-order chi connectivity index (χ1) is 15.5. The van der Waals surface area contributed by atoms with Gasteiger partial charge >= 0.3 is 0 Å². The number of ether oxygens (including phenoxy) is 1. The van der Waals surface area contributed by atoms with Crippen LogP contribution in [0.4, 0.5) is 11.5 Å². The summed E-state index contributed by atoms with van der Waals surface area (Å²) in [6, 6.07) is 8.67. The Balaban J connectivity index is 1.58. The molecule has 1 aromatic heterocycles. The van der Waals surface area contributed by atoms with Gasteiger partial charge in [0.1, 0.15) is 11.6 Å². The molecule has 0 atom stereocenters. The molecule has 0 spiro atoms. The highest BCUT2D eigenvalue weighted by atomic mass is 16.5. The lowest BCUT2D eigenvalue weighted by Crippen LogP contribution is -2.45. The normalized spacial score (nSPS) is 17.2. The molecule has 32 heavy (non-hydrogen) atoms. The number of benzene rings is 1. The zero-order valence-electron chi connectivity index (χ0n) is 18.8. The summed E-state index contributed by atoms with van der Waals surface area (Å²) >= 11 is 0. The van der Waals surface area contributed by atoms with Gasteiger partial charge < -0.3 is 25.2 Å². The fourth-order valence-corrected chi connectivity index (χ4v) is 4.14. The summed E-state index contributed by atoms with van der Waals surface area (Å²) in [6.07, 6.45) is 3.65. The molecule has 3 heterocycles. The minimum absolute atomic E-state index is 0.0153. The number of carbonyl (C=O) groups excluding carboxylic acids is 2. The van der Waals surface area contributed by atoms with E-state index in [1.54, 1.807) is 43.6 Å². The van der Waals surface area contributed by atoms with Gasteiger partial charge in [0.05, 0.1) is 24.6 Å². The van der Waals surface area contributed by atoms with Crippen molar-refractivity contribution in [2.24, 2.45) is 5.92 Å². The third kappa shape index (κ3) is 5.02. The van der Waals surface area contributed by atoms with E-state index in [0.717, 1.165) is 52.1 Å². The van der Waals surface area contributed by atoms with E-state index in [1.807, 2.05) is 4.90 Å². The average molecular weight is 438 g/mol. The topological polar surface area (TPSA) is 86.8 Å². The van der Waals surface area contributed by atoms with Gasteiger partial charge in [-0.15, -0.1) is 0 Å². The van der Waals surface area contributed by atoms with Crippen molar-refractivity contribution in [1.29, 1.82) is 0 Å². The van der Waals surface area contributed by atoms with Crippen LogP contribution in [0.15, 0.2) is 36.5 Å². The first-order valence-electron chi connectivity index (χ1n) is 11.3. The minimum Gasteiger partial charge on any atom is -0.497 e. The molecule has 2 fully saturated rings. The molecule has 0 saturated carbocycles. The van der Waals surface area contributed by atoms with Gasteiger partial charge in [-0.25, -0.2) is 4.98 Å². The molecule has 0 radical (unpaired) electrons. The Labute approximate surface area is 188 Å². The number of hydrogen-bond acceptors (Lipinski definition) is 6. The van der Waals surface area contributed by atoms with Gasteiger partial charge in [0.25, 0.3) is 11.8 Å². The lowest BCUT2D eigenvalue weighted by molar-refractivity contribution is 0.0697.